The maximum atomic E-state index is 12.6. The number of carbonyl (C=O) groups is 2. The number of carbonyl (C=O) groups excluding carboxylic acids is 2. The van der Waals surface area contributed by atoms with Crippen LogP contribution in [0.2, 0.25) is 0 Å². The van der Waals surface area contributed by atoms with Gasteiger partial charge in [-0.25, -0.2) is 0 Å². The van der Waals surface area contributed by atoms with Gasteiger partial charge in [-0.05, 0) is 30.6 Å². The SMILES string of the molecule is CCC1NC(=O)C(C(C)C)N(CC2CCCC2C)C1=O. The molecular formula is C16H28N2O2. The van der Waals surface area contributed by atoms with Gasteiger partial charge >= 0.3 is 0 Å². The van der Waals surface area contributed by atoms with Crippen LogP contribution in [0, 0.1) is 17.8 Å². The third kappa shape index (κ3) is 2.84. The van der Waals surface area contributed by atoms with Crippen LogP contribution < -0.4 is 5.32 Å². The molecule has 2 rings (SSSR count). The Hall–Kier alpha value is -1.06. The lowest BCUT2D eigenvalue weighted by Gasteiger charge is -2.42. The summed E-state index contributed by atoms with van der Waals surface area (Å²) in [5.74, 6) is 1.53. The van der Waals surface area contributed by atoms with E-state index in [0.717, 1.165) is 6.54 Å². The Balaban J connectivity index is 2.18. The van der Waals surface area contributed by atoms with Crippen molar-refractivity contribution in [2.75, 3.05) is 6.54 Å². The van der Waals surface area contributed by atoms with Crippen LogP contribution in [0.4, 0.5) is 0 Å². The van der Waals surface area contributed by atoms with Gasteiger partial charge in [0, 0.05) is 6.54 Å². The average molecular weight is 280 g/mol. The fourth-order valence-electron chi connectivity index (χ4n) is 3.69. The highest BCUT2D eigenvalue weighted by Crippen LogP contribution is 2.33. The van der Waals surface area contributed by atoms with Gasteiger partial charge in [0.15, 0.2) is 0 Å². The molecule has 0 aromatic rings. The third-order valence-electron chi connectivity index (χ3n) is 5.01. The molecule has 2 fully saturated rings. The molecule has 0 aromatic heterocycles. The smallest absolute Gasteiger partial charge is 0.245 e. The Morgan fingerprint density at radius 3 is 2.50 bits per heavy atom. The van der Waals surface area contributed by atoms with Crippen molar-refractivity contribution in [3.05, 3.63) is 0 Å². The first-order valence-corrected chi connectivity index (χ1v) is 8.06. The highest BCUT2D eigenvalue weighted by atomic mass is 16.2. The maximum Gasteiger partial charge on any atom is 0.245 e. The molecule has 1 N–H and O–H groups in total. The Labute approximate surface area is 122 Å². The topological polar surface area (TPSA) is 49.4 Å². The number of hydrogen-bond acceptors (Lipinski definition) is 2. The predicted molar refractivity (Wildman–Crippen MR) is 79.1 cm³/mol. The minimum Gasteiger partial charge on any atom is -0.343 e. The zero-order valence-corrected chi connectivity index (χ0v) is 13.2. The molecule has 2 aliphatic rings. The predicted octanol–water partition coefficient (Wildman–Crippen LogP) is 2.18. The van der Waals surface area contributed by atoms with Gasteiger partial charge in [0.25, 0.3) is 0 Å². The number of piperazine rings is 1. The molecule has 0 bridgehead atoms. The van der Waals surface area contributed by atoms with E-state index in [4.69, 9.17) is 0 Å². The molecule has 114 valence electrons. The summed E-state index contributed by atoms with van der Waals surface area (Å²) in [6, 6.07) is -0.618. The monoisotopic (exact) mass is 280 g/mol. The zero-order chi connectivity index (χ0) is 14.9. The lowest BCUT2D eigenvalue weighted by atomic mass is 9.92. The molecule has 1 saturated carbocycles. The van der Waals surface area contributed by atoms with Crippen molar-refractivity contribution >= 4 is 11.8 Å². The second-order valence-electron chi connectivity index (χ2n) is 6.82. The summed E-state index contributed by atoms with van der Waals surface area (Å²) in [5.41, 5.74) is 0. The zero-order valence-electron chi connectivity index (χ0n) is 13.2. The van der Waals surface area contributed by atoms with Gasteiger partial charge in [-0.2, -0.15) is 0 Å². The van der Waals surface area contributed by atoms with Crippen molar-refractivity contribution in [1.29, 1.82) is 0 Å². The van der Waals surface area contributed by atoms with Gasteiger partial charge in [-0.1, -0.05) is 40.5 Å². The quantitative estimate of drug-likeness (QED) is 0.858. The second kappa shape index (κ2) is 6.15. The van der Waals surface area contributed by atoms with Crippen LogP contribution in [0.1, 0.15) is 53.4 Å². The van der Waals surface area contributed by atoms with Crippen LogP contribution >= 0.6 is 0 Å². The summed E-state index contributed by atoms with van der Waals surface area (Å²) in [6.07, 6.45) is 4.37. The number of nitrogens with zero attached hydrogens (tertiary/aromatic N) is 1. The number of nitrogens with one attached hydrogen (secondary N) is 1. The van der Waals surface area contributed by atoms with E-state index in [2.05, 4.69) is 12.2 Å². The highest BCUT2D eigenvalue weighted by molar-refractivity contribution is 5.97. The summed E-state index contributed by atoms with van der Waals surface area (Å²) in [5, 5.41) is 2.88. The summed E-state index contributed by atoms with van der Waals surface area (Å²) < 4.78 is 0. The largest absolute Gasteiger partial charge is 0.343 e. The van der Waals surface area contributed by atoms with E-state index in [1.165, 1.54) is 19.3 Å². The summed E-state index contributed by atoms with van der Waals surface area (Å²) >= 11 is 0. The van der Waals surface area contributed by atoms with Crippen LogP contribution in [0.3, 0.4) is 0 Å². The first-order valence-electron chi connectivity index (χ1n) is 8.06. The highest BCUT2D eigenvalue weighted by Gasteiger charge is 2.42. The molecule has 2 amide bonds. The molecule has 1 saturated heterocycles. The minimum absolute atomic E-state index is 0.0251. The van der Waals surface area contributed by atoms with Crippen LogP contribution in [0.25, 0.3) is 0 Å². The van der Waals surface area contributed by atoms with Gasteiger partial charge in [-0.15, -0.1) is 0 Å². The van der Waals surface area contributed by atoms with E-state index in [9.17, 15) is 9.59 Å². The summed E-state index contributed by atoms with van der Waals surface area (Å²) in [7, 11) is 0. The molecular weight excluding hydrogens is 252 g/mol. The summed E-state index contributed by atoms with van der Waals surface area (Å²) in [6.45, 7) is 9.03. The molecule has 4 atom stereocenters. The van der Waals surface area contributed by atoms with Crippen molar-refractivity contribution in [1.82, 2.24) is 10.2 Å². The molecule has 4 unspecified atom stereocenters. The molecule has 1 aliphatic carbocycles. The standard InChI is InChI=1S/C16H28N2O2/c1-5-13-16(20)18(9-12-8-6-7-11(12)4)14(10(2)3)15(19)17-13/h10-14H,5-9H2,1-4H3,(H,17,19). The normalized spacial score (nSPS) is 34.8. The van der Waals surface area contributed by atoms with Crippen LogP contribution in [-0.4, -0.2) is 35.3 Å². The fourth-order valence-corrected chi connectivity index (χ4v) is 3.69. The molecule has 0 aromatic carbocycles. The maximum absolute atomic E-state index is 12.6. The van der Waals surface area contributed by atoms with Crippen molar-refractivity contribution < 1.29 is 9.59 Å². The first kappa shape index (κ1) is 15.3. The lowest BCUT2D eigenvalue weighted by molar-refractivity contribution is -0.152. The Morgan fingerprint density at radius 1 is 1.30 bits per heavy atom. The van der Waals surface area contributed by atoms with Gasteiger partial charge < -0.3 is 10.2 Å². The van der Waals surface area contributed by atoms with E-state index in [-0.39, 0.29) is 29.8 Å². The molecule has 20 heavy (non-hydrogen) atoms. The van der Waals surface area contributed by atoms with E-state index in [0.29, 0.717) is 18.3 Å². The molecule has 1 aliphatic heterocycles. The molecule has 1 heterocycles. The van der Waals surface area contributed by atoms with Crippen LogP contribution in [0.5, 0.6) is 0 Å². The second-order valence-corrected chi connectivity index (χ2v) is 6.82. The molecule has 0 spiro atoms. The van der Waals surface area contributed by atoms with Crippen molar-refractivity contribution in [3.63, 3.8) is 0 Å². The first-order chi connectivity index (χ1) is 9.45. The lowest BCUT2D eigenvalue weighted by Crippen LogP contribution is -2.65. The third-order valence-corrected chi connectivity index (χ3v) is 5.01. The van der Waals surface area contributed by atoms with Crippen molar-refractivity contribution in [3.8, 4) is 0 Å². The van der Waals surface area contributed by atoms with Crippen LogP contribution in [0.15, 0.2) is 0 Å². The van der Waals surface area contributed by atoms with Crippen molar-refractivity contribution in [2.24, 2.45) is 17.8 Å². The van der Waals surface area contributed by atoms with E-state index < -0.39 is 0 Å². The Kier molecular flexibility index (Phi) is 4.71. The van der Waals surface area contributed by atoms with Gasteiger partial charge in [0.05, 0.1) is 0 Å². The average Bonchev–Trinajstić information content (AvgIpc) is 2.78. The van der Waals surface area contributed by atoms with Crippen molar-refractivity contribution in [2.45, 2.75) is 65.5 Å². The van der Waals surface area contributed by atoms with Crippen LogP contribution in [-0.2, 0) is 9.59 Å². The van der Waals surface area contributed by atoms with E-state index >= 15 is 0 Å². The Morgan fingerprint density at radius 2 is 2.00 bits per heavy atom. The molecule has 4 nitrogen and oxygen atoms in total. The fraction of sp³-hybridized carbons (Fsp3) is 0.875. The summed E-state index contributed by atoms with van der Waals surface area (Å²) in [4.78, 5) is 26.8. The number of hydrogen-bond donors (Lipinski definition) is 1. The van der Waals surface area contributed by atoms with Gasteiger partial charge in [0.1, 0.15) is 12.1 Å². The Bertz CT molecular complexity index is 381. The van der Waals surface area contributed by atoms with Gasteiger partial charge in [0.2, 0.25) is 11.8 Å². The number of amides is 2. The minimum atomic E-state index is -0.325. The molecule has 4 heteroatoms. The van der Waals surface area contributed by atoms with E-state index in [1.807, 2.05) is 25.7 Å². The molecule has 0 radical (unpaired) electrons. The van der Waals surface area contributed by atoms with E-state index in [1.54, 1.807) is 0 Å². The number of rotatable bonds is 4. The van der Waals surface area contributed by atoms with Gasteiger partial charge in [-0.3, -0.25) is 9.59 Å².